The van der Waals surface area contributed by atoms with Crippen LogP contribution in [0.5, 0.6) is 0 Å². The number of benzene rings is 1. The zero-order valence-electron chi connectivity index (χ0n) is 13.3. The number of halogens is 1. The summed E-state index contributed by atoms with van der Waals surface area (Å²) in [6, 6.07) is 14.5. The quantitative estimate of drug-likeness (QED) is 0.463. The highest BCUT2D eigenvalue weighted by Crippen LogP contribution is 2.03. The van der Waals surface area contributed by atoms with E-state index in [1.165, 1.54) is 11.1 Å². The number of aliphatic imine (C=N–C) groups is 1. The Kier molecular flexibility index (Phi) is 7.87. The van der Waals surface area contributed by atoms with Crippen molar-refractivity contribution in [1.29, 1.82) is 0 Å². The molecule has 1 aromatic heterocycles. The van der Waals surface area contributed by atoms with Gasteiger partial charge in [0.1, 0.15) is 0 Å². The molecule has 2 rings (SSSR count). The van der Waals surface area contributed by atoms with E-state index in [-0.39, 0.29) is 24.0 Å². The number of nitrogens with zero attached hydrogens (tertiary/aromatic N) is 2. The highest BCUT2D eigenvalue weighted by atomic mass is 127. The fourth-order valence-electron chi connectivity index (χ4n) is 2.10. The van der Waals surface area contributed by atoms with E-state index in [4.69, 9.17) is 0 Å². The van der Waals surface area contributed by atoms with Gasteiger partial charge in [-0.2, -0.15) is 0 Å². The molecular weight excluding hydrogens is 387 g/mol. The number of rotatable bonds is 4. The number of guanidine groups is 1. The van der Waals surface area contributed by atoms with Crippen LogP contribution in [0.3, 0.4) is 0 Å². The van der Waals surface area contributed by atoms with Crippen molar-refractivity contribution in [3.05, 3.63) is 65.0 Å². The van der Waals surface area contributed by atoms with Crippen LogP contribution in [0, 0.1) is 13.8 Å². The van der Waals surface area contributed by atoms with Crippen LogP contribution < -0.4 is 10.6 Å². The van der Waals surface area contributed by atoms with Gasteiger partial charge in [0.25, 0.3) is 0 Å². The average molecular weight is 410 g/mol. The molecule has 1 heterocycles. The summed E-state index contributed by atoms with van der Waals surface area (Å²) in [4.78, 5) is 8.69. The first-order chi connectivity index (χ1) is 10.2. The minimum Gasteiger partial charge on any atom is -0.352 e. The van der Waals surface area contributed by atoms with E-state index in [0.717, 1.165) is 23.9 Å². The first-order valence-electron chi connectivity index (χ1n) is 7.10. The number of nitrogens with one attached hydrogen (secondary N) is 2. The number of aromatic nitrogens is 1. The standard InChI is InChI=1S/C17H22N4.HI/c1-13-6-4-8-15(10-13)11-19-17(18-3)20-12-16-9-5-7-14(2)21-16;/h4-10H,11-12H2,1-3H3,(H2,18,19,20);1H. The lowest BCUT2D eigenvalue weighted by atomic mass is 10.1. The van der Waals surface area contributed by atoms with E-state index in [0.29, 0.717) is 6.54 Å². The second-order valence-electron chi connectivity index (χ2n) is 5.04. The molecule has 0 fully saturated rings. The zero-order chi connectivity index (χ0) is 15.1. The Morgan fingerprint density at radius 2 is 1.77 bits per heavy atom. The molecule has 0 spiro atoms. The topological polar surface area (TPSA) is 49.3 Å². The molecule has 0 atom stereocenters. The van der Waals surface area contributed by atoms with Crippen molar-refractivity contribution in [3.8, 4) is 0 Å². The summed E-state index contributed by atoms with van der Waals surface area (Å²) >= 11 is 0. The van der Waals surface area contributed by atoms with Crippen LogP contribution in [0.15, 0.2) is 47.5 Å². The van der Waals surface area contributed by atoms with Crippen molar-refractivity contribution >= 4 is 29.9 Å². The maximum atomic E-state index is 4.46. The van der Waals surface area contributed by atoms with Gasteiger partial charge in [-0.25, -0.2) is 0 Å². The lowest BCUT2D eigenvalue weighted by molar-refractivity contribution is 0.791. The largest absolute Gasteiger partial charge is 0.352 e. The summed E-state index contributed by atoms with van der Waals surface area (Å²) in [5.41, 5.74) is 4.54. The van der Waals surface area contributed by atoms with Gasteiger partial charge in [0.05, 0.1) is 12.2 Å². The maximum absolute atomic E-state index is 4.46. The Morgan fingerprint density at radius 1 is 1.05 bits per heavy atom. The average Bonchev–Trinajstić information content (AvgIpc) is 2.47. The van der Waals surface area contributed by atoms with Gasteiger partial charge in [0.15, 0.2) is 5.96 Å². The van der Waals surface area contributed by atoms with Gasteiger partial charge in [-0.15, -0.1) is 24.0 Å². The van der Waals surface area contributed by atoms with Crippen LogP contribution in [0.1, 0.15) is 22.5 Å². The monoisotopic (exact) mass is 410 g/mol. The summed E-state index contributed by atoms with van der Waals surface area (Å²) < 4.78 is 0. The summed E-state index contributed by atoms with van der Waals surface area (Å²) in [6.07, 6.45) is 0. The molecule has 0 saturated carbocycles. The third-order valence-electron chi connectivity index (χ3n) is 3.15. The molecule has 0 aliphatic heterocycles. The van der Waals surface area contributed by atoms with Crippen molar-refractivity contribution in [3.63, 3.8) is 0 Å². The van der Waals surface area contributed by atoms with Crippen molar-refractivity contribution < 1.29 is 0 Å². The van der Waals surface area contributed by atoms with Crippen molar-refractivity contribution in [2.75, 3.05) is 7.05 Å². The normalized spacial score (nSPS) is 10.8. The van der Waals surface area contributed by atoms with Gasteiger partial charge in [-0.1, -0.05) is 35.9 Å². The van der Waals surface area contributed by atoms with E-state index in [1.807, 2.05) is 25.1 Å². The molecule has 0 aliphatic carbocycles. The Balaban J connectivity index is 0.00000242. The Hall–Kier alpha value is -1.63. The highest BCUT2D eigenvalue weighted by Gasteiger charge is 2.00. The Bertz CT molecular complexity index is 574. The third kappa shape index (κ3) is 6.01. The second kappa shape index (κ2) is 9.40. The third-order valence-corrected chi connectivity index (χ3v) is 3.15. The molecule has 0 radical (unpaired) electrons. The summed E-state index contributed by atoms with van der Waals surface area (Å²) in [5, 5.41) is 6.58. The molecule has 0 amide bonds. The number of aryl methyl sites for hydroxylation is 2. The van der Waals surface area contributed by atoms with Crippen LogP contribution >= 0.6 is 24.0 Å². The van der Waals surface area contributed by atoms with Crippen molar-refractivity contribution in [1.82, 2.24) is 15.6 Å². The Morgan fingerprint density at radius 3 is 2.45 bits per heavy atom. The molecule has 1 aromatic carbocycles. The molecule has 0 unspecified atom stereocenters. The van der Waals surface area contributed by atoms with Gasteiger partial charge in [0.2, 0.25) is 0 Å². The first-order valence-corrected chi connectivity index (χ1v) is 7.10. The van der Waals surface area contributed by atoms with Crippen LogP contribution in [-0.4, -0.2) is 18.0 Å². The van der Waals surface area contributed by atoms with Crippen LogP contribution in [-0.2, 0) is 13.1 Å². The molecule has 4 nitrogen and oxygen atoms in total. The van der Waals surface area contributed by atoms with E-state index in [1.54, 1.807) is 7.05 Å². The molecular formula is C17H23IN4. The molecule has 5 heteroatoms. The first kappa shape index (κ1) is 18.4. The van der Waals surface area contributed by atoms with E-state index >= 15 is 0 Å². The molecule has 0 aliphatic rings. The minimum absolute atomic E-state index is 0. The smallest absolute Gasteiger partial charge is 0.191 e. The van der Waals surface area contributed by atoms with Gasteiger partial charge >= 0.3 is 0 Å². The molecule has 2 aromatic rings. The van der Waals surface area contributed by atoms with Gasteiger partial charge in [-0.05, 0) is 31.5 Å². The summed E-state index contributed by atoms with van der Waals surface area (Å²) in [7, 11) is 1.77. The molecule has 118 valence electrons. The number of hydrogen-bond acceptors (Lipinski definition) is 2. The predicted molar refractivity (Wildman–Crippen MR) is 103 cm³/mol. The minimum atomic E-state index is 0. The van der Waals surface area contributed by atoms with Gasteiger partial charge < -0.3 is 10.6 Å². The predicted octanol–water partition coefficient (Wildman–Crippen LogP) is 3.18. The van der Waals surface area contributed by atoms with Gasteiger partial charge in [-0.3, -0.25) is 9.98 Å². The van der Waals surface area contributed by atoms with Crippen LogP contribution in [0.2, 0.25) is 0 Å². The second-order valence-corrected chi connectivity index (χ2v) is 5.04. The van der Waals surface area contributed by atoms with E-state index in [9.17, 15) is 0 Å². The van der Waals surface area contributed by atoms with Crippen LogP contribution in [0.25, 0.3) is 0 Å². The molecule has 0 saturated heterocycles. The van der Waals surface area contributed by atoms with E-state index < -0.39 is 0 Å². The number of hydrogen-bond donors (Lipinski definition) is 2. The van der Waals surface area contributed by atoms with Crippen molar-refractivity contribution in [2.45, 2.75) is 26.9 Å². The van der Waals surface area contributed by atoms with Gasteiger partial charge in [0, 0.05) is 19.3 Å². The number of pyridine rings is 1. The maximum Gasteiger partial charge on any atom is 0.191 e. The molecule has 0 bridgehead atoms. The summed E-state index contributed by atoms with van der Waals surface area (Å²) in [5.74, 6) is 0.778. The van der Waals surface area contributed by atoms with Crippen LogP contribution in [0.4, 0.5) is 0 Å². The molecule has 22 heavy (non-hydrogen) atoms. The summed E-state index contributed by atoms with van der Waals surface area (Å²) in [6.45, 7) is 5.51. The fourth-order valence-corrected chi connectivity index (χ4v) is 2.10. The SMILES string of the molecule is CN=C(NCc1cccc(C)c1)NCc1cccc(C)n1.I. The fraction of sp³-hybridized carbons (Fsp3) is 0.294. The zero-order valence-corrected chi connectivity index (χ0v) is 15.6. The van der Waals surface area contributed by atoms with E-state index in [2.05, 4.69) is 51.8 Å². The highest BCUT2D eigenvalue weighted by molar-refractivity contribution is 14.0. The lowest BCUT2D eigenvalue weighted by Crippen LogP contribution is -2.36. The Labute approximate surface area is 149 Å². The molecule has 2 N–H and O–H groups in total. The van der Waals surface area contributed by atoms with Crippen molar-refractivity contribution in [2.24, 2.45) is 4.99 Å². The lowest BCUT2D eigenvalue weighted by Gasteiger charge is -2.12.